The third kappa shape index (κ3) is 3.31. The van der Waals surface area contributed by atoms with Crippen LogP contribution in [-0.2, 0) is 16.0 Å². The summed E-state index contributed by atoms with van der Waals surface area (Å²) in [6.07, 6.45) is 0.552. The lowest BCUT2D eigenvalue weighted by molar-refractivity contribution is -0.143. The minimum Gasteiger partial charge on any atom is -0.506 e. The van der Waals surface area contributed by atoms with Gasteiger partial charge in [-0.05, 0) is 31.0 Å². The molecule has 0 saturated heterocycles. The molecule has 1 rings (SSSR count). The van der Waals surface area contributed by atoms with E-state index in [0.717, 1.165) is 0 Å². The van der Waals surface area contributed by atoms with Gasteiger partial charge in [0.15, 0.2) is 0 Å². The van der Waals surface area contributed by atoms with Crippen molar-refractivity contribution in [3.8, 4) is 5.75 Å². The van der Waals surface area contributed by atoms with Gasteiger partial charge in [-0.3, -0.25) is 4.79 Å². The van der Waals surface area contributed by atoms with Gasteiger partial charge in [-0.2, -0.15) is 0 Å². The van der Waals surface area contributed by atoms with Crippen LogP contribution in [0.3, 0.4) is 0 Å². The van der Waals surface area contributed by atoms with E-state index in [1.807, 2.05) is 0 Å². The minimum atomic E-state index is -0.305. The summed E-state index contributed by atoms with van der Waals surface area (Å²) in [4.78, 5) is 11.1. The van der Waals surface area contributed by atoms with Gasteiger partial charge in [-0.1, -0.05) is 11.6 Å². The average Bonchev–Trinajstić information content (AvgIpc) is 2.21. The Morgan fingerprint density at radius 2 is 2.25 bits per heavy atom. The smallest absolute Gasteiger partial charge is 0.306 e. The number of aromatic hydroxyl groups is 1. The highest BCUT2D eigenvalue weighted by Crippen LogP contribution is 2.29. The topological polar surface area (TPSA) is 72.5 Å². The monoisotopic (exact) mass is 243 g/mol. The molecule has 5 heteroatoms. The number of ether oxygens (including phenoxy) is 1. The second-order valence-electron chi connectivity index (χ2n) is 3.31. The van der Waals surface area contributed by atoms with Gasteiger partial charge in [0.2, 0.25) is 0 Å². The predicted molar refractivity (Wildman–Crippen MR) is 62.5 cm³/mol. The van der Waals surface area contributed by atoms with Gasteiger partial charge in [0.05, 0.1) is 12.3 Å². The van der Waals surface area contributed by atoms with E-state index in [-0.39, 0.29) is 23.8 Å². The molecule has 0 amide bonds. The minimum absolute atomic E-state index is 0.0197. The van der Waals surface area contributed by atoms with Crippen molar-refractivity contribution in [1.82, 2.24) is 0 Å². The molecule has 0 aromatic heterocycles. The Hall–Kier alpha value is -1.42. The molecular weight excluding hydrogens is 230 g/mol. The SMILES string of the molecule is CCOC(=O)CCc1cc(Cl)cc(N)c1O. The Kier molecular flexibility index (Phi) is 4.43. The van der Waals surface area contributed by atoms with E-state index in [2.05, 4.69) is 0 Å². The number of benzene rings is 1. The molecule has 16 heavy (non-hydrogen) atoms. The van der Waals surface area contributed by atoms with Crippen LogP contribution in [0.1, 0.15) is 18.9 Å². The second-order valence-corrected chi connectivity index (χ2v) is 3.74. The van der Waals surface area contributed by atoms with E-state index >= 15 is 0 Å². The molecule has 0 fully saturated rings. The summed E-state index contributed by atoms with van der Waals surface area (Å²) in [5.74, 6) is -0.325. The maximum absolute atomic E-state index is 11.1. The number of phenolic OH excluding ortho intramolecular Hbond substituents is 1. The maximum Gasteiger partial charge on any atom is 0.306 e. The molecule has 88 valence electrons. The summed E-state index contributed by atoms with van der Waals surface area (Å²) in [6.45, 7) is 2.09. The maximum atomic E-state index is 11.1. The van der Waals surface area contributed by atoms with Crippen molar-refractivity contribution >= 4 is 23.3 Å². The van der Waals surface area contributed by atoms with Crippen molar-refractivity contribution in [2.45, 2.75) is 19.8 Å². The number of nitrogens with two attached hydrogens (primary N) is 1. The molecule has 0 bridgehead atoms. The number of phenols is 1. The Morgan fingerprint density at radius 1 is 1.56 bits per heavy atom. The number of rotatable bonds is 4. The summed E-state index contributed by atoms with van der Waals surface area (Å²) in [5, 5.41) is 10.1. The molecular formula is C11H14ClNO3. The molecule has 0 aliphatic rings. The van der Waals surface area contributed by atoms with Crippen LogP contribution in [0.5, 0.6) is 5.75 Å². The van der Waals surface area contributed by atoms with Crippen molar-refractivity contribution in [3.63, 3.8) is 0 Å². The molecule has 0 aliphatic heterocycles. The van der Waals surface area contributed by atoms with Crippen molar-refractivity contribution in [2.24, 2.45) is 0 Å². The molecule has 3 N–H and O–H groups in total. The fourth-order valence-corrected chi connectivity index (χ4v) is 1.59. The number of anilines is 1. The molecule has 0 atom stereocenters. The molecule has 0 aliphatic carbocycles. The summed E-state index contributed by atoms with van der Waals surface area (Å²) in [5.41, 5.74) is 6.30. The Bertz CT molecular complexity index is 393. The van der Waals surface area contributed by atoms with Crippen LogP contribution >= 0.6 is 11.6 Å². The lowest BCUT2D eigenvalue weighted by atomic mass is 10.1. The summed E-state index contributed by atoms with van der Waals surface area (Å²) >= 11 is 5.79. The third-order valence-electron chi connectivity index (χ3n) is 2.09. The average molecular weight is 244 g/mol. The standard InChI is InChI=1S/C11H14ClNO3/c1-2-16-10(14)4-3-7-5-8(12)6-9(13)11(7)15/h5-6,15H,2-4,13H2,1H3. The number of nitrogen functional groups attached to an aromatic ring is 1. The molecule has 0 spiro atoms. The van der Waals surface area contributed by atoms with Gasteiger partial charge >= 0.3 is 5.97 Å². The first-order chi connectivity index (χ1) is 7.54. The van der Waals surface area contributed by atoms with Crippen LogP contribution in [-0.4, -0.2) is 17.7 Å². The van der Waals surface area contributed by atoms with Gasteiger partial charge in [0, 0.05) is 11.4 Å². The molecule has 0 saturated carbocycles. The van der Waals surface area contributed by atoms with E-state index in [9.17, 15) is 9.90 Å². The summed E-state index contributed by atoms with van der Waals surface area (Å²) in [6, 6.07) is 3.05. The highest BCUT2D eigenvalue weighted by atomic mass is 35.5. The van der Waals surface area contributed by atoms with Crippen molar-refractivity contribution < 1.29 is 14.6 Å². The predicted octanol–water partition coefficient (Wildman–Crippen LogP) is 2.12. The van der Waals surface area contributed by atoms with Gasteiger partial charge in [0.25, 0.3) is 0 Å². The van der Waals surface area contributed by atoms with Crippen molar-refractivity contribution in [1.29, 1.82) is 0 Å². The number of hydrogen-bond donors (Lipinski definition) is 2. The number of hydrogen-bond acceptors (Lipinski definition) is 4. The van der Waals surface area contributed by atoms with Crippen LogP contribution in [0.25, 0.3) is 0 Å². The Balaban J connectivity index is 2.70. The Labute approximate surface area is 99.0 Å². The molecule has 4 nitrogen and oxygen atoms in total. The second kappa shape index (κ2) is 5.61. The lowest BCUT2D eigenvalue weighted by Gasteiger charge is -2.07. The van der Waals surface area contributed by atoms with Gasteiger partial charge in [-0.15, -0.1) is 0 Å². The zero-order valence-corrected chi connectivity index (χ0v) is 9.75. The van der Waals surface area contributed by atoms with Crippen LogP contribution in [0.4, 0.5) is 5.69 Å². The number of carbonyl (C=O) groups excluding carboxylic acids is 1. The van der Waals surface area contributed by atoms with E-state index in [1.54, 1.807) is 13.0 Å². The van der Waals surface area contributed by atoms with E-state index in [1.165, 1.54) is 6.07 Å². The van der Waals surface area contributed by atoms with Crippen LogP contribution in [0.2, 0.25) is 5.02 Å². The van der Waals surface area contributed by atoms with Crippen LogP contribution < -0.4 is 5.73 Å². The zero-order chi connectivity index (χ0) is 12.1. The highest BCUT2D eigenvalue weighted by Gasteiger charge is 2.09. The number of carbonyl (C=O) groups is 1. The van der Waals surface area contributed by atoms with Gasteiger partial charge in [0.1, 0.15) is 5.75 Å². The quantitative estimate of drug-likeness (QED) is 0.483. The first-order valence-corrected chi connectivity index (χ1v) is 5.35. The van der Waals surface area contributed by atoms with Gasteiger partial charge in [-0.25, -0.2) is 0 Å². The van der Waals surface area contributed by atoms with Crippen molar-refractivity contribution in [2.75, 3.05) is 12.3 Å². The fraction of sp³-hybridized carbons (Fsp3) is 0.364. The zero-order valence-electron chi connectivity index (χ0n) is 9.00. The highest BCUT2D eigenvalue weighted by molar-refractivity contribution is 6.31. The first-order valence-electron chi connectivity index (χ1n) is 4.97. The lowest BCUT2D eigenvalue weighted by Crippen LogP contribution is -2.05. The molecule has 0 radical (unpaired) electrons. The Morgan fingerprint density at radius 3 is 2.88 bits per heavy atom. The summed E-state index contributed by atoms with van der Waals surface area (Å²) < 4.78 is 4.78. The van der Waals surface area contributed by atoms with Crippen molar-refractivity contribution in [3.05, 3.63) is 22.7 Å². The number of halogens is 1. The summed E-state index contributed by atoms with van der Waals surface area (Å²) in [7, 11) is 0. The number of esters is 1. The number of aryl methyl sites for hydroxylation is 1. The van der Waals surface area contributed by atoms with Crippen LogP contribution in [0, 0.1) is 0 Å². The van der Waals surface area contributed by atoms with E-state index in [4.69, 9.17) is 22.1 Å². The van der Waals surface area contributed by atoms with E-state index < -0.39 is 0 Å². The van der Waals surface area contributed by atoms with Gasteiger partial charge < -0.3 is 15.6 Å². The largest absolute Gasteiger partial charge is 0.506 e. The third-order valence-corrected chi connectivity index (χ3v) is 2.31. The molecule has 1 aromatic carbocycles. The van der Waals surface area contributed by atoms with Crippen LogP contribution in [0.15, 0.2) is 12.1 Å². The molecule has 0 heterocycles. The molecule has 1 aromatic rings. The molecule has 0 unspecified atom stereocenters. The van der Waals surface area contributed by atoms with E-state index in [0.29, 0.717) is 23.6 Å². The normalized spacial score (nSPS) is 10.1. The first kappa shape index (κ1) is 12.6. The fourth-order valence-electron chi connectivity index (χ4n) is 1.34.